The summed E-state index contributed by atoms with van der Waals surface area (Å²) >= 11 is 0. The van der Waals surface area contributed by atoms with Crippen LogP contribution < -0.4 is 0 Å². The third-order valence-electron chi connectivity index (χ3n) is 3.12. The van der Waals surface area contributed by atoms with Gasteiger partial charge in [-0.05, 0) is 45.8 Å². The molecule has 0 amide bonds. The van der Waals surface area contributed by atoms with Gasteiger partial charge < -0.3 is 14.4 Å². The van der Waals surface area contributed by atoms with Crippen LogP contribution in [0.25, 0.3) is 0 Å². The standard InChI is InChI=1S/C8H12N2O2.C8H17N/c1-8(11-6-2-4-9)12-7-3-5-10;1-2-6-9-7-4-3-5-8-9/h8H,2-3,6-7H2,1H3;2-8H2,1H3. The van der Waals surface area contributed by atoms with E-state index in [-0.39, 0.29) is 6.29 Å². The first-order valence-corrected chi connectivity index (χ1v) is 7.94. The van der Waals surface area contributed by atoms with E-state index in [1.165, 1.54) is 45.3 Å². The summed E-state index contributed by atoms with van der Waals surface area (Å²) in [5.74, 6) is 0. The van der Waals surface area contributed by atoms with Crippen molar-refractivity contribution in [3.63, 3.8) is 0 Å². The SMILES string of the molecule is CC(OCCC#N)OCCC#N.CCCN1CCCCC1. The fourth-order valence-corrected chi connectivity index (χ4v) is 2.09. The average molecular weight is 295 g/mol. The van der Waals surface area contributed by atoms with E-state index in [1.54, 1.807) is 6.92 Å². The molecule has 0 saturated carbocycles. The maximum absolute atomic E-state index is 8.18. The average Bonchev–Trinajstić information content (AvgIpc) is 2.50. The number of nitrogens with zero attached hydrogens (tertiary/aromatic N) is 3. The zero-order chi connectivity index (χ0) is 15.8. The second-order valence-electron chi connectivity index (χ2n) is 5.03. The molecule has 5 heteroatoms. The molecule has 1 fully saturated rings. The first-order chi connectivity index (χ1) is 10.2. The Morgan fingerprint density at radius 1 is 1.00 bits per heavy atom. The van der Waals surface area contributed by atoms with Crippen LogP contribution in [0.1, 0.15) is 52.4 Å². The highest BCUT2D eigenvalue weighted by Crippen LogP contribution is 2.07. The molecule has 0 spiro atoms. The number of hydrogen-bond donors (Lipinski definition) is 0. The molecule has 0 bridgehead atoms. The summed E-state index contributed by atoms with van der Waals surface area (Å²) in [6.45, 7) is 8.79. The smallest absolute Gasteiger partial charge is 0.154 e. The van der Waals surface area contributed by atoms with E-state index >= 15 is 0 Å². The molecular formula is C16H29N3O2. The summed E-state index contributed by atoms with van der Waals surface area (Å²) in [5.41, 5.74) is 0. The highest BCUT2D eigenvalue weighted by atomic mass is 16.7. The van der Waals surface area contributed by atoms with Crippen molar-refractivity contribution >= 4 is 0 Å². The van der Waals surface area contributed by atoms with Gasteiger partial charge in [-0.15, -0.1) is 0 Å². The first kappa shape index (κ1) is 19.9. The minimum atomic E-state index is -0.327. The second kappa shape index (κ2) is 15.3. The van der Waals surface area contributed by atoms with E-state index in [0.29, 0.717) is 26.1 Å². The number of rotatable bonds is 8. The fourth-order valence-electron chi connectivity index (χ4n) is 2.09. The van der Waals surface area contributed by atoms with Crippen LogP contribution in [-0.4, -0.2) is 44.0 Å². The van der Waals surface area contributed by atoms with Crippen LogP contribution in [0.4, 0.5) is 0 Å². The third kappa shape index (κ3) is 13.6. The fraction of sp³-hybridized carbons (Fsp3) is 0.875. The molecule has 0 N–H and O–H groups in total. The zero-order valence-corrected chi connectivity index (χ0v) is 13.5. The molecule has 0 unspecified atom stereocenters. The molecule has 120 valence electrons. The molecule has 21 heavy (non-hydrogen) atoms. The monoisotopic (exact) mass is 295 g/mol. The highest BCUT2D eigenvalue weighted by Gasteiger charge is 2.07. The van der Waals surface area contributed by atoms with Gasteiger partial charge in [0.15, 0.2) is 6.29 Å². The van der Waals surface area contributed by atoms with E-state index in [2.05, 4.69) is 11.8 Å². The first-order valence-electron chi connectivity index (χ1n) is 7.94. The Morgan fingerprint density at radius 3 is 1.95 bits per heavy atom. The lowest BCUT2D eigenvalue weighted by molar-refractivity contribution is -0.127. The van der Waals surface area contributed by atoms with Gasteiger partial charge in [-0.25, -0.2) is 0 Å². The van der Waals surface area contributed by atoms with Gasteiger partial charge in [-0.1, -0.05) is 13.3 Å². The van der Waals surface area contributed by atoms with Crippen LogP contribution >= 0.6 is 0 Å². The van der Waals surface area contributed by atoms with Crippen molar-refractivity contribution in [1.82, 2.24) is 4.90 Å². The Morgan fingerprint density at radius 2 is 1.52 bits per heavy atom. The molecule has 0 aromatic carbocycles. The number of piperidine rings is 1. The molecule has 0 aromatic rings. The lowest BCUT2D eigenvalue weighted by Gasteiger charge is -2.25. The molecule has 1 aliphatic heterocycles. The van der Waals surface area contributed by atoms with Crippen molar-refractivity contribution in [2.24, 2.45) is 0 Å². The van der Waals surface area contributed by atoms with Crippen molar-refractivity contribution in [1.29, 1.82) is 10.5 Å². The van der Waals surface area contributed by atoms with Gasteiger partial charge in [0.25, 0.3) is 0 Å². The Hall–Kier alpha value is -1.14. The normalized spacial score (nSPS) is 14.9. The van der Waals surface area contributed by atoms with Crippen LogP contribution in [0.15, 0.2) is 0 Å². The molecular weight excluding hydrogens is 266 g/mol. The Balaban J connectivity index is 0.000000394. The van der Waals surface area contributed by atoms with E-state index in [0.717, 1.165) is 0 Å². The summed E-state index contributed by atoms with van der Waals surface area (Å²) in [7, 11) is 0. The predicted octanol–water partition coefficient (Wildman–Crippen LogP) is 3.08. The quantitative estimate of drug-likeness (QED) is 0.508. The largest absolute Gasteiger partial charge is 0.352 e. The number of likely N-dealkylation sites (tertiary alicyclic amines) is 1. The van der Waals surface area contributed by atoms with Crippen molar-refractivity contribution in [3.8, 4) is 12.1 Å². The number of nitriles is 2. The Bertz CT molecular complexity index is 281. The van der Waals surface area contributed by atoms with Gasteiger partial charge in [0.1, 0.15) is 0 Å². The van der Waals surface area contributed by atoms with Crippen molar-refractivity contribution < 1.29 is 9.47 Å². The van der Waals surface area contributed by atoms with Crippen molar-refractivity contribution in [3.05, 3.63) is 0 Å². The lowest BCUT2D eigenvalue weighted by Crippen LogP contribution is -2.30. The van der Waals surface area contributed by atoms with Gasteiger partial charge in [0, 0.05) is 0 Å². The highest BCUT2D eigenvalue weighted by molar-refractivity contribution is 4.68. The maximum atomic E-state index is 8.18. The van der Waals surface area contributed by atoms with Crippen LogP contribution in [-0.2, 0) is 9.47 Å². The summed E-state index contributed by atoms with van der Waals surface area (Å²) < 4.78 is 10.1. The second-order valence-corrected chi connectivity index (χ2v) is 5.03. The summed E-state index contributed by atoms with van der Waals surface area (Å²) in [6, 6.07) is 3.91. The minimum absolute atomic E-state index is 0.327. The summed E-state index contributed by atoms with van der Waals surface area (Å²) in [6.07, 6.45) is 6.05. The van der Waals surface area contributed by atoms with Gasteiger partial charge in [0.05, 0.1) is 38.2 Å². The van der Waals surface area contributed by atoms with Crippen LogP contribution in [0.5, 0.6) is 0 Å². The minimum Gasteiger partial charge on any atom is -0.352 e. The molecule has 1 heterocycles. The Labute approximate surface area is 129 Å². The summed E-state index contributed by atoms with van der Waals surface area (Å²) in [4.78, 5) is 2.57. The molecule has 5 nitrogen and oxygen atoms in total. The van der Waals surface area contributed by atoms with Gasteiger partial charge in [0.2, 0.25) is 0 Å². The molecule has 0 radical (unpaired) electrons. The van der Waals surface area contributed by atoms with Crippen molar-refractivity contribution in [2.75, 3.05) is 32.8 Å². The molecule has 1 aliphatic rings. The lowest BCUT2D eigenvalue weighted by atomic mass is 10.1. The Kier molecular flexibility index (Phi) is 14.4. The van der Waals surface area contributed by atoms with Gasteiger partial charge in [-0.3, -0.25) is 0 Å². The predicted molar refractivity (Wildman–Crippen MR) is 82.4 cm³/mol. The number of hydrogen-bond acceptors (Lipinski definition) is 5. The van der Waals surface area contributed by atoms with Crippen molar-refractivity contribution in [2.45, 2.75) is 58.7 Å². The van der Waals surface area contributed by atoms with E-state index in [9.17, 15) is 0 Å². The zero-order valence-electron chi connectivity index (χ0n) is 13.5. The molecule has 0 aliphatic carbocycles. The maximum Gasteiger partial charge on any atom is 0.154 e. The van der Waals surface area contributed by atoms with E-state index < -0.39 is 0 Å². The van der Waals surface area contributed by atoms with Gasteiger partial charge >= 0.3 is 0 Å². The van der Waals surface area contributed by atoms with Crippen LogP contribution in [0, 0.1) is 22.7 Å². The third-order valence-corrected chi connectivity index (χ3v) is 3.12. The van der Waals surface area contributed by atoms with E-state index in [4.69, 9.17) is 20.0 Å². The molecule has 0 atom stereocenters. The van der Waals surface area contributed by atoms with Crippen LogP contribution in [0.3, 0.4) is 0 Å². The van der Waals surface area contributed by atoms with E-state index in [1.807, 2.05) is 12.1 Å². The molecule has 1 rings (SSSR count). The molecule has 0 aromatic heterocycles. The number of ether oxygens (including phenoxy) is 2. The van der Waals surface area contributed by atoms with Crippen LogP contribution in [0.2, 0.25) is 0 Å². The molecule has 1 saturated heterocycles. The van der Waals surface area contributed by atoms with Gasteiger partial charge in [-0.2, -0.15) is 10.5 Å². The summed E-state index contributed by atoms with van der Waals surface area (Å²) in [5, 5.41) is 16.4. The topological polar surface area (TPSA) is 69.3 Å².